The molecule has 32 heavy (non-hydrogen) atoms. The minimum absolute atomic E-state index is 0.224. The lowest BCUT2D eigenvalue weighted by atomic mass is 10.1. The normalized spacial score (nSPS) is 14.0. The van der Waals surface area contributed by atoms with E-state index in [4.69, 9.17) is 26.2 Å². The molecule has 3 aromatic rings. The van der Waals surface area contributed by atoms with Crippen LogP contribution in [0.3, 0.4) is 0 Å². The highest BCUT2D eigenvalue weighted by atomic mass is 35.5. The number of benzene rings is 3. The molecule has 0 aromatic heterocycles. The molecule has 6 nitrogen and oxygen atoms in total. The topological polar surface area (TPSA) is 71.4 Å². The minimum atomic E-state index is -0.968. The Balaban J connectivity index is 1.37. The zero-order chi connectivity index (χ0) is 22.3. The van der Waals surface area contributed by atoms with Crippen molar-refractivity contribution in [2.45, 2.75) is 6.61 Å². The molecule has 0 saturated carbocycles. The zero-order valence-corrected chi connectivity index (χ0v) is 18.2. The number of morpholine rings is 1. The number of carboxylic acid groups (broad SMARTS) is 1. The Bertz CT molecular complexity index is 1110. The molecule has 0 amide bonds. The smallest absolute Gasteiger partial charge is 0.335 e. The monoisotopic (exact) mass is 450 g/mol. The fourth-order valence-corrected chi connectivity index (χ4v) is 3.63. The maximum absolute atomic E-state index is 11.1. The van der Waals surface area contributed by atoms with Crippen LogP contribution >= 0.6 is 11.6 Å². The molecule has 0 atom stereocenters. The van der Waals surface area contributed by atoms with Crippen molar-refractivity contribution in [3.05, 3.63) is 88.4 Å². The number of carbonyl (C=O) groups is 1. The van der Waals surface area contributed by atoms with Crippen LogP contribution in [0.4, 0.5) is 11.4 Å². The van der Waals surface area contributed by atoms with E-state index in [0.717, 1.165) is 43.1 Å². The van der Waals surface area contributed by atoms with Gasteiger partial charge in [-0.3, -0.25) is 4.99 Å². The van der Waals surface area contributed by atoms with Gasteiger partial charge in [-0.05, 0) is 65.7 Å². The minimum Gasteiger partial charge on any atom is -0.487 e. The number of anilines is 1. The summed E-state index contributed by atoms with van der Waals surface area (Å²) in [5.74, 6) is -0.441. The lowest BCUT2D eigenvalue weighted by molar-refractivity contribution is 0.0696. The molecule has 4 rings (SSSR count). The summed E-state index contributed by atoms with van der Waals surface area (Å²) in [6.45, 7) is 3.55. The van der Waals surface area contributed by atoms with E-state index in [-0.39, 0.29) is 12.2 Å². The highest BCUT2D eigenvalue weighted by Crippen LogP contribution is 2.27. The molecule has 3 aromatic carbocycles. The molecule has 1 aliphatic heterocycles. The van der Waals surface area contributed by atoms with Crippen LogP contribution in [-0.2, 0) is 11.3 Å². The molecule has 0 aliphatic carbocycles. The van der Waals surface area contributed by atoms with Crippen LogP contribution in [0.25, 0.3) is 0 Å². The Morgan fingerprint density at radius 1 is 1.09 bits per heavy atom. The summed E-state index contributed by atoms with van der Waals surface area (Å²) in [5, 5.41) is 9.56. The zero-order valence-electron chi connectivity index (χ0n) is 17.4. The van der Waals surface area contributed by atoms with Crippen LogP contribution in [0.5, 0.6) is 5.75 Å². The second-order valence-corrected chi connectivity index (χ2v) is 7.77. The first-order chi connectivity index (χ1) is 15.6. The van der Waals surface area contributed by atoms with Gasteiger partial charge < -0.3 is 19.5 Å². The molecule has 164 valence electrons. The number of aliphatic imine (C=N–C) groups is 1. The van der Waals surface area contributed by atoms with Crippen LogP contribution in [-0.4, -0.2) is 43.6 Å². The van der Waals surface area contributed by atoms with Gasteiger partial charge in [-0.15, -0.1) is 0 Å². The Morgan fingerprint density at radius 3 is 2.59 bits per heavy atom. The van der Waals surface area contributed by atoms with Gasteiger partial charge in [0.25, 0.3) is 0 Å². The van der Waals surface area contributed by atoms with Crippen molar-refractivity contribution in [1.82, 2.24) is 0 Å². The van der Waals surface area contributed by atoms with Gasteiger partial charge in [0, 0.05) is 25.0 Å². The predicted molar refractivity (Wildman–Crippen MR) is 126 cm³/mol. The van der Waals surface area contributed by atoms with Crippen molar-refractivity contribution >= 4 is 35.2 Å². The Kier molecular flexibility index (Phi) is 7.04. The van der Waals surface area contributed by atoms with E-state index in [2.05, 4.69) is 22.0 Å². The van der Waals surface area contributed by atoms with Crippen LogP contribution in [0.15, 0.2) is 71.7 Å². The van der Waals surface area contributed by atoms with Gasteiger partial charge >= 0.3 is 5.97 Å². The Labute approximate surface area is 191 Å². The van der Waals surface area contributed by atoms with Crippen molar-refractivity contribution < 1.29 is 19.4 Å². The predicted octanol–water partition coefficient (Wildman–Crippen LogP) is 5.20. The first kappa shape index (κ1) is 21.9. The number of hydrogen-bond donors (Lipinski definition) is 1. The summed E-state index contributed by atoms with van der Waals surface area (Å²) < 4.78 is 11.2. The summed E-state index contributed by atoms with van der Waals surface area (Å²) in [7, 11) is 0. The molecule has 0 unspecified atom stereocenters. The second kappa shape index (κ2) is 10.3. The number of halogens is 1. The molecule has 0 radical (unpaired) electrons. The highest BCUT2D eigenvalue weighted by Gasteiger charge is 2.10. The van der Waals surface area contributed by atoms with Gasteiger partial charge in [-0.2, -0.15) is 0 Å². The fraction of sp³-hybridized carbons (Fsp3) is 0.200. The number of aromatic carboxylic acids is 1. The number of carboxylic acids is 1. The van der Waals surface area contributed by atoms with Crippen LogP contribution in [0, 0.1) is 0 Å². The van der Waals surface area contributed by atoms with Gasteiger partial charge in [-0.25, -0.2) is 4.79 Å². The van der Waals surface area contributed by atoms with Crippen molar-refractivity contribution in [2.75, 3.05) is 31.2 Å². The number of rotatable bonds is 7. The van der Waals surface area contributed by atoms with Crippen molar-refractivity contribution in [1.29, 1.82) is 0 Å². The number of nitrogens with zero attached hydrogens (tertiary/aromatic N) is 2. The first-order valence-electron chi connectivity index (χ1n) is 10.3. The van der Waals surface area contributed by atoms with Crippen molar-refractivity contribution in [3.63, 3.8) is 0 Å². The van der Waals surface area contributed by atoms with Crippen molar-refractivity contribution in [2.24, 2.45) is 4.99 Å². The van der Waals surface area contributed by atoms with Crippen molar-refractivity contribution in [3.8, 4) is 5.75 Å². The molecule has 1 N–H and O–H groups in total. The van der Waals surface area contributed by atoms with Gasteiger partial charge in [0.2, 0.25) is 0 Å². The second-order valence-electron chi connectivity index (χ2n) is 7.36. The van der Waals surface area contributed by atoms with Crippen LogP contribution in [0.1, 0.15) is 21.5 Å². The van der Waals surface area contributed by atoms with E-state index in [1.54, 1.807) is 36.5 Å². The average molecular weight is 451 g/mol. The summed E-state index contributed by atoms with van der Waals surface area (Å²) in [6.07, 6.45) is 1.76. The largest absolute Gasteiger partial charge is 0.487 e. The average Bonchev–Trinajstić information content (AvgIpc) is 2.83. The molecule has 0 bridgehead atoms. The van der Waals surface area contributed by atoms with E-state index in [0.29, 0.717) is 10.8 Å². The molecule has 1 saturated heterocycles. The number of hydrogen-bond acceptors (Lipinski definition) is 5. The van der Waals surface area contributed by atoms with Gasteiger partial charge in [0.1, 0.15) is 12.4 Å². The molecule has 1 aliphatic rings. The van der Waals surface area contributed by atoms with E-state index < -0.39 is 5.97 Å². The molecule has 7 heteroatoms. The third-order valence-corrected chi connectivity index (χ3v) is 5.41. The third-order valence-electron chi connectivity index (χ3n) is 5.11. The molecule has 0 spiro atoms. The Hall–Kier alpha value is -3.35. The molecule has 1 fully saturated rings. The van der Waals surface area contributed by atoms with E-state index in [1.807, 2.05) is 24.3 Å². The van der Waals surface area contributed by atoms with Crippen LogP contribution in [0.2, 0.25) is 5.02 Å². The maximum atomic E-state index is 11.1. The first-order valence-corrected chi connectivity index (χ1v) is 10.7. The quantitative estimate of drug-likeness (QED) is 0.500. The van der Waals surface area contributed by atoms with Gasteiger partial charge in [0.05, 0.1) is 29.5 Å². The van der Waals surface area contributed by atoms with E-state index in [9.17, 15) is 4.79 Å². The summed E-state index contributed by atoms with van der Waals surface area (Å²) in [6, 6.07) is 20.2. The third kappa shape index (κ3) is 5.66. The van der Waals surface area contributed by atoms with Gasteiger partial charge in [-0.1, -0.05) is 23.7 Å². The maximum Gasteiger partial charge on any atom is 0.335 e. The lowest BCUT2D eigenvalue weighted by Gasteiger charge is -2.28. The van der Waals surface area contributed by atoms with E-state index in [1.165, 1.54) is 5.69 Å². The molecular formula is C25H23ClN2O4. The standard InChI is InChI=1S/C25H23ClN2O4/c26-23-15-18(4-9-24(23)32-17-19-2-1-3-20(14-19)25(29)30)16-27-21-5-7-22(8-6-21)28-10-12-31-13-11-28/h1-9,14-16H,10-13,17H2,(H,29,30). The summed E-state index contributed by atoms with van der Waals surface area (Å²) >= 11 is 6.37. The summed E-state index contributed by atoms with van der Waals surface area (Å²) in [5.41, 5.74) is 3.86. The molecular weight excluding hydrogens is 428 g/mol. The lowest BCUT2D eigenvalue weighted by Crippen LogP contribution is -2.36. The SMILES string of the molecule is O=C(O)c1cccc(COc2ccc(C=Nc3ccc(N4CCOCC4)cc3)cc2Cl)c1. The van der Waals surface area contributed by atoms with Crippen LogP contribution < -0.4 is 9.64 Å². The van der Waals surface area contributed by atoms with E-state index >= 15 is 0 Å². The highest BCUT2D eigenvalue weighted by molar-refractivity contribution is 6.32. The fourth-order valence-electron chi connectivity index (χ4n) is 3.39. The molecule has 1 heterocycles. The number of ether oxygens (including phenoxy) is 2. The summed E-state index contributed by atoms with van der Waals surface area (Å²) in [4.78, 5) is 17.9. The Morgan fingerprint density at radius 2 is 1.88 bits per heavy atom. The van der Waals surface area contributed by atoms with Gasteiger partial charge in [0.15, 0.2) is 0 Å².